The minimum atomic E-state index is -0.873. The van der Waals surface area contributed by atoms with E-state index in [1.54, 1.807) is 49.9 Å². The van der Waals surface area contributed by atoms with Crippen molar-refractivity contribution in [2.24, 2.45) is 0 Å². The molecule has 1 aromatic rings. The van der Waals surface area contributed by atoms with Crippen LogP contribution in [0.5, 0.6) is 0 Å². The predicted molar refractivity (Wildman–Crippen MR) is 124 cm³/mol. The van der Waals surface area contributed by atoms with Crippen molar-refractivity contribution in [3.63, 3.8) is 0 Å². The summed E-state index contributed by atoms with van der Waals surface area (Å²) < 4.78 is 5.23. The number of nitrogens with zero attached hydrogens (tertiary/aromatic N) is 1. The molecule has 0 aromatic heterocycles. The van der Waals surface area contributed by atoms with Gasteiger partial charge in [0.2, 0.25) is 11.8 Å². The standard InChI is InChI=1S/C25H35N3O4/c1-7-11-17(3)27-23(30)22(20-13-10-9-12-18(20)8-2)28(19-14-15-19)21(29)16-26-24(31)32-25(4,5)6/h2,9-10,12-13,17,19,22H,7,11,14-16H2,1,3-6H3,(H,26,31)(H,27,30). The van der Waals surface area contributed by atoms with Crippen molar-refractivity contribution in [1.29, 1.82) is 0 Å². The first-order valence-corrected chi connectivity index (χ1v) is 11.2. The summed E-state index contributed by atoms with van der Waals surface area (Å²) in [6.45, 7) is 8.98. The summed E-state index contributed by atoms with van der Waals surface area (Å²) >= 11 is 0. The van der Waals surface area contributed by atoms with E-state index >= 15 is 0 Å². The highest BCUT2D eigenvalue weighted by atomic mass is 16.6. The second-order valence-electron chi connectivity index (χ2n) is 9.22. The Kier molecular flexibility index (Phi) is 8.71. The van der Waals surface area contributed by atoms with Crippen molar-refractivity contribution in [3.8, 4) is 12.3 Å². The maximum Gasteiger partial charge on any atom is 0.408 e. The molecule has 1 aliphatic carbocycles. The lowest BCUT2D eigenvalue weighted by Crippen LogP contribution is -2.50. The SMILES string of the molecule is C#Cc1ccccc1C(C(=O)NC(C)CCC)N(C(=O)CNC(=O)OC(C)(C)C)C1CC1. The van der Waals surface area contributed by atoms with Crippen molar-refractivity contribution >= 4 is 17.9 Å². The Labute approximate surface area is 191 Å². The van der Waals surface area contributed by atoms with E-state index in [2.05, 4.69) is 23.5 Å². The lowest BCUT2D eigenvalue weighted by Gasteiger charge is -2.33. The molecule has 1 saturated carbocycles. The molecule has 1 fully saturated rings. The highest BCUT2D eigenvalue weighted by Gasteiger charge is 2.42. The summed E-state index contributed by atoms with van der Waals surface area (Å²) in [7, 11) is 0. The summed E-state index contributed by atoms with van der Waals surface area (Å²) in [6, 6.07) is 6.17. The Balaban J connectivity index is 2.31. The molecule has 2 N–H and O–H groups in total. The van der Waals surface area contributed by atoms with Crippen LogP contribution in [0.25, 0.3) is 0 Å². The number of carbonyl (C=O) groups is 3. The van der Waals surface area contributed by atoms with E-state index in [1.165, 1.54) is 0 Å². The predicted octanol–water partition coefficient (Wildman–Crippen LogP) is 3.53. The molecule has 0 spiro atoms. The third-order valence-corrected chi connectivity index (χ3v) is 5.06. The van der Waals surface area contributed by atoms with Crippen LogP contribution in [0.15, 0.2) is 24.3 Å². The molecule has 174 valence electrons. The number of carbonyl (C=O) groups excluding carboxylic acids is 3. The molecule has 3 amide bonds. The van der Waals surface area contributed by atoms with Crippen LogP contribution in [-0.4, -0.2) is 47.0 Å². The lowest BCUT2D eigenvalue weighted by molar-refractivity contribution is -0.141. The molecule has 0 radical (unpaired) electrons. The van der Waals surface area contributed by atoms with Crippen LogP contribution >= 0.6 is 0 Å². The Morgan fingerprint density at radius 2 is 1.91 bits per heavy atom. The number of benzene rings is 1. The van der Waals surface area contributed by atoms with Gasteiger partial charge in [0, 0.05) is 17.6 Å². The summed E-state index contributed by atoms with van der Waals surface area (Å²) in [4.78, 5) is 40.3. The first-order valence-electron chi connectivity index (χ1n) is 11.2. The summed E-state index contributed by atoms with van der Waals surface area (Å²) in [5, 5.41) is 5.54. The third kappa shape index (κ3) is 7.30. The molecular formula is C25H35N3O4. The number of hydrogen-bond acceptors (Lipinski definition) is 4. The van der Waals surface area contributed by atoms with E-state index in [0.29, 0.717) is 11.1 Å². The highest BCUT2D eigenvalue weighted by molar-refractivity contribution is 5.91. The van der Waals surface area contributed by atoms with Gasteiger partial charge in [-0.25, -0.2) is 4.79 Å². The van der Waals surface area contributed by atoms with Gasteiger partial charge in [0.05, 0.1) is 0 Å². The zero-order valence-electron chi connectivity index (χ0n) is 19.7. The maximum absolute atomic E-state index is 13.4. The van der Waals surface area contributed by atoms with Crippen molar-refractivity contribution < 1.29 is 19.1 Å². The second-order valence-corrected chi connectivity index (χ2v) is 9.22. The molecule has 32 heavy (non-hydrogen) atoms. The molecule has 0 aliphatic heterocycles. The van der Waals surface area contributed by atoms with Crippen LogP contribution in [0.4, 0.5) is 4.79 Å². The number of hydrogen-bond donors (Lipinski definition) is 2. The van der Waals surface area contributed by atoms with Crippen molar-refractivity contribution in [2.75, 3.05) is 6.54 Å². The highest BCUT2D eigenvalue weighted by Crippen LogP contribution is 2.36. The smallest absolute Gasteiger partial charge is 0.408 e. The van der Waals surface area contributed by atoms with Gasteiger partial charge in [0.15, 0.2) is 0 Å². The Hall–Kier alpha value is -3.01. The van der Waals surface area contributed by atoms with E-state index in [4.69, 9.17) is 11.2 Å². The Morgan fingerprint density at radius 1 is 1.25 bits per heavy atom. The molecule has 0 bridgehead atoms. The fraction of sp³-hybridized carbons (Fsp3) is 0.560. The van der Waals surface area contributed by atoms with Gasteiger partial charge < -0.3 is 20.3 Å². The van der Waals surface area contributed by atoms with E-state index in [0.717, 1.165) is 25.7 Å². The molecule has 1 aliphatic rings. The molecule has 1 aromatic carbocycles. The van der Waals surface area contributed by atoms with Gasteiger partial charge >= 0.3 is 6.09 Å². The first-order chi connectivity index (χ1) is 15.1. The van der Waals surface area contributed by atoms with Crippen LogP contribution in [-0.2, 0) is 14.3 Å². The largest absolute Gasteiger partial charge is 0.444 e. The van der Waals surface area contributed by atoms with Crippen LogP contribution in [0.3, 0.4) is 0 Å². The number of rotatable bonds is 9. The van der Waals surface area contributed by atoms with Gasteiger partial charge in [-0.2, -0.15) is 0 Å². The zero-order valence-corrected chi connectivity index (χ0v) is 19.7. The van der Waals surface area contributed by atoms with Crippen LogP contribution in [0, 0.1) is 12.3 Å². The molecular weight excluding hydrogens is 406 g/mol. The van der Waals surface area contributed by atoms with Crippen LogP contribution in [0.2, 0.25) is 0 Å². The summed E-state index contributed by atoms with van der Waals surface area (Å²) in [5.74, 6) is 2.01. The quantitative estimate of drug-likeness (QED) is 0.574. The van der Waals surface area contributed by atoms with Crippen LogP contribution < -0.4 is 10.6 Å². The second kappa shape index (κ2) is 11.0. The molecule has 2 rings (SSSR count). The maximum atomic E-state index is 13.4. The van der Waals surface area contributed by atoms with Gasteiger partial charge in [-0.3, -0.25) is 9.59 Å². The minimum absolute atomic E-state index is 0.0379. The Morgan fingerprint density at radius 3 is 2.47 bits per heavy atom. The van der Waals surface area contributed by atoms with E-state index in [9.17, 15) is 14.4 Å². The average Bonchev–Trinajstić information content (AvgIpc) is 3.53. The minimum Gasteiger partial charge on any atom is -0.444 e. The van der Waals surface area contributed by atoms with Crippen molar-refractivity contribution in [2.45, 2.75) is 84.0 Å². The molecule has 7 nitrogen and oxygen atoms in total. The monoisotopic (exact) mass is 441 g/mol. The fourth-order valence-corrected chi connectivity index (χ4v) is 3.58. The number of amides is 3. The van der Waals surface area contributed by atoms with E-state index in [-0.39, 0.29) is 30.4 Å². The normalized spacial score (nSPS) is 15.1. The summed E-state index contributed by atoms with van der Waals surface area (Å²) in [5.41, 5.74) is 0.496. The lowest BCUT2D eigenvalue weighted by atomic mass is 9.97. The Bertz CT molecular complexity index is 865. The van der Waals surface area contributed by atoms with Gasteiger partial charge in [-0.05, 0) is 58.6 Å². The van der Waals surface area contributed by atoms with Crippen molar-refractivity contribution in [1.82, 2.24) is 15.5 Å². The number of nitrogens with one attached hydrogen (secondary N) is 2. The zero-order chi connectivity index (χ0) is 23.9. The van der Waals surface area contributed by atoms with Gasteiger partial charge in [-0.1, -0.05) is 37.5 Å². The van der Waals surface area contributed by atoms with E-state index < -0.39 is 17.7 Å². The van der Waals surface area contributed by atoms with Crippen LogP contribution in [0.1, 0.15) is 77.5 Å². The molecule has 0 heterocycles. The fourth-order valence-electron chi connectivity index (χ4n) is 3.58. The average molecular weight is 442 g/mol. The molecule has 2 atom stereocenters. The molecule has 2 unspecified atom stereocenters. The number of alkyl carbamates (subject to hydrolysis) is 1. The van der Waals surface area contributed by atoms with Gasteiger partial charge in [0.1, 0.15) is 18.2 Å². The molecule has 7 heteroatoms. The summed E-state index contributed by atoms with van der Waals surface area (Å²) in [6.07, 6.45) is 8.37. The van der Waals surface area contributed by atoms with E-state index in [1.807, 2.05) is 6.92 Å². The third-order valence-electron chi connectivity index (χ3n) is 5.06. The molecule has 0 saturated heterocycles. The number of terminal acetylenes is 1. The topological polar surface area (TPSA) is 87.7 Å². The van der Waals surface area contributed by atoms with Crippen molar-refractivity contribution in [3.05, 3.63) is 35.4 Å². The first kappa shape index (κ1) is 25.3. The van der Waals surface area contributed by atoms with Gasteiger partial charge in [-0.15, -0.1) is 6.42 Å². The number of ether oxygens (including phenoxy) is 1. The van der Waals surface area contributed by atoms with Gasteiger partial charge in [0.25, 0.3) is 0 Å².